The first-order valence-corrected chi connectivity index (χ1v) is 6.15. The van der Waals surface area contributed by atoms with E-state index in [2.05, 4.69) is 14.7 Å². The number of sulfonamides is 1. The van der Waals surface area contributed by atoms with Gasteiger partial charge in [0, 0.05) is 18.5 Å². The van der Waals surface area contributed by atoms with Gasteiger partial charge in [-0.2, -0.15) is 0 Å². The van der Waals surface area contributed by atoms with E-state index in [1.165, 1.54) is 30.6 Å². The van der Waals surface area contributed by atoms with Crippen LogP contribution < -0.4 is 4.72 Å². The van der Waals surface area contributed by atoms with Crippen LogP contribution in [-0.2, 0) is 10.0 Å². The van der Waals surface area contributed by atoms with Crippen LogP contribution in [0.15, 0.2) is 47.6 Å². The second-order valence-corrected chi connectivity index (χ2v) is 4.86. The van der Waals surface area contributed by atoms with Crippen molar-refractivity contribution in [3.63, 3.8) is 0 Å². The third-order valence-corrected chi connectivity index (χ3v) is 3.25. The Balaban J connectivity index is 2.32. The van der Waals surface area contributed by atoms with Gasteiger partial charge in [0.05, 0.1) is 4.90 Å². The lowest BCUT2D eigenvalue weighted by Crippen LogP contribution is -2.14. The molecule has 2 aromatic rings. The van der Waals surface area contributed by atoms with Crippen LogP contribution in [0.5, 0.6) is 5.75 Å². The molecule has 0 saturated carbocycles. The summed E-state index contributed by atoms with van der Waals surface area (Å²) in [7, 11) is -3.77. The summed E-state index contributed by atoms with van der Waals surface area (Å²) >= 11 is 0. The molecule has 0 spiro atoms. The van der Waals surface area contributed by atoms with Crippen LogP contribution in [0.2, 0.25) is 0 Å². The molecule has 0 saturated heterocycles. The molecule has 0 aliphatic rings. The van der Waals surface area contributed by atoms with Crippen molar-refractivity contribution in [3.05, 3.63) is 42.7 Å². The van der Waals surface area contributed by atoms with Crippen molar-refractivity contribution in [1.82, 2.24) is 9.97 Å². The summed E-state index contributed by atoms with van der Waals surface area (Å²) in [6.45, 7) is 0. The number of hydrogen-bond acceptors (Lipinski definition) is 5. The lowest BCUT2D eigenvalue weighted by atomic mass is 10.3. The Hall–Kier alpha value is -2.15. The van der Waals surface area contributed by atoms with Gasteiger partial charge in [0.2, 0.25) is 5.95 Å². The van der Waals surface area contributed by atoms with E-state index in [0.29, 0.717) is 0 Å². The molecule has 0 fully saturated rings. The molecule has 1 aromatic heterocycles. The molecule has 17 heavy (non-hydrogen) atoms. The number of phenols is 1. The monoisotopic (exact) mass is 251 g/mol. The third-order valence-electron chi connectivity index (χ3n) is 1.92. The van der Waals surface area contributed by atoms with E-state index in [-0.39, 0.29) is 16.6 Å². The first kappa shape index (κ1) is 11.3. The molecule has 88 valence electrons. The maximum atomic E-state index is 11.9. The number of aromatic nitrogens is 2. The molecule has 6 nitrogen and oxygen atoms in total. The summed E-state index contributed by atoms with van der Waals surface area (Å²) in [4.78, 5) is 7.44. The van der Waals surface area contributed by atoms with Crippen molar-refractivity contribution < 1.29 is 13.5 Å². The number of benzene rings is 1. The van der Waals surface area contributed by atoms with Gasteiger partial charge in [-0.05, 0) is 18.2 Å². The standard InChI is InChI=1S/C10H9N3O3S/c14-8-3-1-4-9(7-8)17(15,16)13-10-11-5-2-6-12-10/h1-7,14H,(H,11,12,13). The van der Waals surface area contributed by atoms with Gasteiger partial charge in [-0.3, -0.25) is 0 Å². The summed E-state index contributed by atoms with van der Waals surface area (Å²) in [6.07, 6.45) is 2.85. The quantitative estimate of drug-likeness (QED) is 0.848. The lowest BCUT2D eigenvalue weighted by Gasteiger charge is -2.05. The van der Waals surface area contributed by atoms with Crippen LogP contribution in [0.25, 0.3) is 0 Å². The van der Waals surface area contributed by atoms with Crippen LogP contribution >= 0.6 is 0 Å². The van der Waals surface area contributed by atoms with E-state index in [0.717, 1.165) is 6.07 Å². The molecule has 0 atom stereocenters. The number of phenolic OH excluding ortho intramolecular Hbond substituents is 1. The van der Waals surface area contributed by atoms with Crippen molar-refractivity contribution in [2.45, 2.75) is 4.90 Å². The highest BCUT2D eigenvalue weighted by Crippen LogP contribution is 2.17. The number of nitrogens with one attached hydrogen (secondary N) is 1. The molecular formula is C10H9N3O3S. The molecule has 0 aliphatic heterocycles. The number of aromatic hydroxyl groups is 1. The third kappa shape index (κ3) is 2.70. The number of nitrogens with zero attached hydrogens (tertiary/aromatic N) is 2. The molecule has 0 bridgehead atoms. The topological polar surface area (TPSA) is 92.2 Å². The average molecular weight is 251 g/mol. The predicted molar refractivity (Wildman–Crippen MR) is 60.9 cm³/mol. The van der Waals surface area contributed by atoms with Crippen LogP contribution in [0.4, 0.5) is 5.95 Å². The number of rotatable bonds is 3. The lowest BCUT2D eigenvalue weighted by molar-refractivity contribution is 0.473. The molecule has 0 aliphatic carbocycles. The molecule has 2 rings (SSSR count). The minimum absolute atomic E-state index is 0.0177. The minimum Gasteiger partial charge on any atom is -0.508 e. The van der Waals surface area contributed by atoms with Crippen LogP contribution in [0.3, 0.4) is 0 Å². The Morgan fingerprint density at radius 3 is 2.47 bits per heavy atom. The normalized spacial score (nSPS) is 11.1. The molecule has 0 unspecified atom stereocenters. The van der Waals surface area contributed by atoms with Gasteiger partial charge in [0.1, 0.15) is 5.75 Å². The molecule has 7 heteroatoms. The number of hydrogen-bond donors (Lipinski definition) is 2. The van der Waals surface area contributed by atoms with Gasteiger partial charge in [0.25, 0.3) is 10.0 Å². The molecule has 2 N–H and O–H groups in total. The van der Waals surface area contributed by atoms with E-state index in [1.54, 1.807) is 6.07 Å². The summed E-state index contributed by atoms with van der Waals surface area (Å²) < 4.78 is 25.9. The van der Waals surface area contributed by atoms with Crippen LogP contribution in [0.1, 0.15) is 0 Å². The minimum atomic E-state index is -3.77. The van der Waals surface area contributed by atoms with Gasteiger partial charge in [-0.1, -0.05) is 6.07 Å². The zero-order chi connectivity index (χ0) is 12.3. The second-order valence-electron chi connectivity index (χ2n) is 3.18. The smallest absolute Gasteiger partial charge is 0.264 e. The zero-order valence-electron chi connectivity index (χ0n) is 8.61. The van der Waals surface area contributed by atoms with Gasteiger partial charge in [0.15, 0.2) is 0 Å². The average Bonchev–Trinajstić information content (AvgIpc) is 2.30. The van der Waals surface area contributed by atoms with Crippen molar-refractivity contribution >= 4 is 16.0 Å². The molecule has 1 aromatic carbocycles. The zero-order valence-corrected chi connectivity index (χ0v) is 9.42. The Kier molecular flexibility index (Phi) is 2.92. The Bertz CT molecular complexity index is 614. The summed E-state index contributed by atoms with van der Waals surface area (Å²) in [5.41, 5.74) is 0. The fourth-order valence-corrected chi connectivity index (χ4v) is 2.18. The molecular weight excluding hydrogens is 242 g/mol. The summed E-state index contributed by atoms with van der Waals surface area (Å²) in [5.74, 6) is -0.141. The maximum absolute atomic E-state index is 11.9. The predicted octanol–water partition coefficient (Wildman–Crippen LogP) is 0.983. The van der Waals surface area contributed by atoms with Crippen molar-refractivity contribution in [3.8, 4) is 5.75 Å². The highest BCUT2D eigenvalue weighted by molar-refractivity contribution is 7.92. The maximum Gasteiger partial charge on any atom is 0.264 e. The highest BCUT2D eigenvalue weighted by Gasteiger charge is 2.15. The van der Waals surface area contributed by atoms with E-state index in [4.69, 9.17) is 0 Å². The van der Waals surface area contributed by atoms with E-state index in [9.17, 15) is 13.5 Å². The molecule has 0 amide bonds. The van der Waals surface area contributed by atoms with E-state index >= 15 is 0 Å². The van der Waals surface area contributed by atoms with Gasteiger partial charge >= 0.3 is 0 Å². The first-order chi connectivity index (χ1) is 8.08. The van der Waals surface area contributed by atoms with Gasteiger partial charge in [-0.25, -0.2) is 23.1 Å². The summed E-state index contributed by atoms with van der Waals surface area (Å²) in [6, 6.07) is 6.91. The van der Waals surface area contributed by atoms with Crippen LogP contribution in [0, 0.1) is 0 Å². The Morgan fingerprint density at radius 1 is 1.12 bits per heavy atom. The van der Waals surface area contributed by atoms with E-state index in [1.807, 2.05) is 0 Å². The Morgan fingerprint density at radius 2 is 1.82 bits per heavy atom. The van der Waals surface area contributed by atoms with Crippen LogP contribution in [-0.4, -0.2) is 23.5 Å². The van der Waals surface area contributed by atoms with Crippen molar-refractivity contribution in [2.75, 3.05) is 4.72 Å². The molecule has 1 heterocycles. The first-order valence-electron chi connectivity index (χ1n) is 4.67. The largest absolute Gasteiger partial charge is 0.508 e. The summed E-state index contributed by atoms with van der Waals surface area (Å²) in [5, 5.41) is 9.22. The van der Waals surface area contributed by atoms with Gasteiger partial charge < -0.3 is 5.11 Å². The van der Waals surface area contributed by atoms with Crippen molar-refractivity contribution in [1.29, 1.82) is 0 Å². The van der Waals surface area contributed by atoms with Crippen molar-refractivity contribution in [2.24, 2.45) is 0 Å². The highest BCUT2D eigenvalue weighted by atomic mass is 32.2. The van der Waals surface area contributed by atoms with Gasteiger partial charge in [-0.15, -0.1) is 0 Å². The number of anilines is 1. The fraction of sp³-hybridized carbons (Fsp3) is 0. The molecule has 0 radical (unpaired) electrons. The second kappa shape index (κ2) is 4.38. The fourth-order valence-electron chi connectivity index (χ4n) is 1.18. The SMILES string of the molecule is O=S(=O)(Nc1ncccn1)c1cccc(O)c1. The van der Waals surface area contributed by atoms with E-state index < -0.39 is 10.0 Å². The Labute approximate surface area is 98.0 Å².